The van der Waals surface area contributed by atoms with Crippen molar-refractivity contribution in [1.29, 1.82) is 0 Å². The van der Waals surface area contributed by atoms with E-state index in [1.165, 1.54) is 10.2 Å². The molecule has 0 aliphatic rings. The van der Waals surface area contributed by atoms with Gasteiger partial charge < -0.3 is 19.7 Å². The summed E-state index contributed by atoms with van der Waals surface area (Å²) in [4.78, 5) is 0. The van der Waals surface area contributed by atoms with Gasteiger partial charge in [0, 0.05) is 17.2 Å². The van der Waals surface area contributed by atoms with Crippen molar-refractivity contribution in [3.63, 3.8) is 0 Å². The number of aliphatic hydroxyl groups is 2. The van der Waals surface area contributed by atoms with Crippen LogP contribution in [0.4, 0.5) is 0 Å². The predicted octanol–water partition coefficient (Wildman–Crippen LogP) is 5.00. The second-order valence-electron chi connectivity index (χ2n) is 9.00. The number of halogens is 3. The van der Waals surface area contributed by atoms with Crippen LogP contribution in [0.2, 0.25) is 0 Å². The van der Waals surface area contributed by atoms with E-state index < -0.39 is 6.10 Å². The minimum Gasteiger partial charge on any atom is -0.492 e. The number of hydrogen-bond donors (Lipinski definition) is 2. The molecular weight excluding hydrogens is 692 g/mol. The lowest BCUT2D eigenvalue weighted by atomic mass is 9.78. The maximum atomic E-state index is 10.3. The Morgan fingerprint density at radius 3 is 2.43 bits per heavy atom. The number of hydrogen-bond acceptors (Lipinski definition) is 6. The molecule has 0 saturated carbocycles. The van der Waals surface area contributed by atoms with Crippen molar-refractivity contribution in [2.45, 2.75) is 45.4 Å². The zero-order valence-electron chi connectivity index (χ0n) is 19.9. The van der Waals surface area contributed by atoms with Crippen LogP contribution in [-0.2, 0) is 18.6 Å². The molecule has 1 aromatic heterocycles. The molecule has 0 aliphatic carbocycles. The van der Waals surface area contributed by atoms with Gasteiger partial charge in [-0.2, -0.15) is 0 Å². The summed E-state index contributed by atoms with van der Waals surface area (Å²) in [5.74, 6) is 2.42. The van der Waals surface area contributed by atoms with Crippen LogP contribution in [-0.4, -0.2) is 50.4 Å². The van der Waals surface area contributed by atoms with Crippen molar-refractivity contribution in [3.8, 4) is 11.5 Å². The molecule has 0 saturated heterocycles. The van der Waals surface area contributed by atoms with Gasteiger partial charge in [-0.15, -0.1) is 16.7 Å². The fourth-order valence-corrected chi connectivity index (χ4v) is 4.77. The van der Waals surface area contributed by atoms with Crippen molar-refractivity contribution >= 4 is 56.8 Å². The highest BCUT2D eigenvalue weighted by Crippen LogP contribution is 2.35. The third-order valence-corrected chi connectivity index (χ3v) is 7.99. The topological polar surface area (TPSA) is 89.6 Å². The van der Waals surface area contributed by atoms with E-state index in [1.807, 2.05) is 52.9 Å². The maximum absolute atomic E-state index is 10.3. The van der Waals surface area contributed by atoms with Crippen LogP contribution in [0.3, 0.4) is 0 Å². The fraction of sp³-hybridized carbons (Fsp3) is 0.440. The molecular formula is C25H30ClI2N3O4. The Bertz CT molecular complexity index is 1110. The molecule has 10 heteroatoms. The van der Waals surface area contributed by atoms with Crippen LogP contribution in [0.25, 0.3) is 0 Å². The highest BCUT2D eigenvalue weighted by Gasteiger charge is 2.24. The average Bonchev–Trinajstić information content (AvgIpc) is 3.20. The molecule has 0 amide bonds. The summed E-state index contributed by atoms with van der Waals surface area (Å²) < 4.78 is 14.9. The molecule has 3 aromatic rings. The lowest BCUT2D eigenvalue weighted by Crippen LogP contribution is -2.25. The average molecular weight is 722 g/mol. The van der Waals surface area contributed by atoms with Gasteiger partial charge in [0.15, 0.2) is 0 Å². The van der Waals surface area contributed by atoms with Crippen molar-refractivity contribution in [2.75, 3.05) is 19.1 Å². The van der Waals surface area contributed by atoms with Crippen molar-refractivity contribution < 1.29 is 19.7 Å². The smallest absolute Gasteiger partial charge is 0.149 e. The van der Waals surface area contributed by atoms with E-state index in [0.717, 1.165) is 14.9 Å². The molecule has 0 unspecified atom stereocenters. The largest absolute Gasteiger partial charge is 0.492 e. The lowest BCUT2D eigenvalue weighted by molar-refractivity contribution is 0.0866. The molecule has 2 aromatic carbocycles. The number of rotatable bonds is 12. The van der Waals surface area contributed by atoms with Gasteiger partial charge in [-0.1, -0.05) is 44.2 Å². The first kappa shape index (κ1) is 28.4. The van der Waals surface area contributed by atoms with Crippen molar-refractivity contribution in [2.24, 2.45) is 5.92 Å². The third kappa shape index (κ3) is 7.43. The molecule has 3 rings (SSSR count). The van der Waals surface area contributed by atoms with Crippen LogP contribution in [0, 0.1) is 13.2 Å². The van der Waals surface area contributed by atoms with Gasteiger partial charge >= 0.3 is 0 Å². The Balaban J connectivity index is 1.61. The number of benzene rings is 2. The van der Waals surface area contributed by atoms with Crippen LogP contribution in [0.5, 0.6) is 11.5 Å². The maximum Gasteiger partial charge on any atom is 0.149 e. The minimum atomic E-state index is -0.788. The first-order valence-corrected chi connectivity index (χ1v) is 13.9. The summed E-state index contributed by atoms with van der Waals surface area (Å²) >= 11 is 10.2. The normalized spacial score (nSPS) is 13.5. The minimum absolute atomic E-state index is 0.103. The summed E-state index contributed by atoms with van der Waals surface area (Å²) in [6, 6.07) is 14.2. The van der Waals surface area contributed by atoms with E-state index in [-0.39, 0.29) is 25.2 Å². The lowest BCUT2D eigenvalue weighted by Gasteiger charge is -2.27. The molecule has 1 heterocycles. The predicted molar refractivity (Wildman–Crippen MR) is 153 cm³/mol. The van der Waals surface area contributed by atoms with E-state index in [0.29, 0.717) is 33.5 Å². The number of aliphatic hydroxyl groups excluding tert-OH is 2. The molecule has 7 nitrogen and oxygen atoms in total. The van der Waals surface area contributed by atoms with E-state index in [2.05, 4.69) is 65.8 Å². The van der Waals surface area contributed by atoms with Crippen molar-refractivity contribution in [3.05, 3.63) is 66.6 Å². The van der Waals surface area contributed by atoms with E-state index in [1.54, 1.807) is 0 Å². The standard InChI is InChI=1S/C25H30ClI2N3O4/c1-16(11-26)14-35-23-9-6-18(10-21(23)27)25(2,3)17-4-7-20(8-5-17)34-15-19(33)12-31-22(13-32)24(28)29-30-31/h4-10,16,19,32-33H,11-15H2,1-3H3/t16-,19+/m0/s1/i28-4. The number of ether oxygens (including phenoxy) is 2. The Kier molecular flexibility index (Phi) is 10.5. The van der Waals surface area contributed by atoms with Gasteiger partial charge in [0.25, 0.3) is 0 Å². The highest BCUT2D eigenvalue weighted by atomic mass is 127. The Hall–Kier alpha value is -1.15. The summed E-state index contributed by atoms with van der Waals surface area (Å²) in [7, 11) is 0. The fourth-order valence-electron chi connectivity index (χ4n) is 3.47. The van der Waals surface area contributed by atoms with E-state index in [4.69, 9.17) is 21.1 Å². The number of alkyl halides is 1. The molecule has 0 radical (unpaired) electrons. The van der Waals surface area contributed by atoms with Crippen LogP contribution in [0.15, 0.2) is 42.5 Å². The second kappa shape index (κ2) is 12.9. The van der Waals surface area contributed by atoms with Gasteiger partial charge in [0.1, 0.15) is 27.9 Å². The zero-order valence-corrected chi connectivity index (χ0v) is 25.0. The summed E-state index contributed by atoms with van der Waals surface area (Å²) in [6.07, 6.45) is -0.788. The number of aromatic nitrogens is 3. The quantitative estimate of drug-likeness (QED) is 0.202. The van der Waals surface area contributed by atoms with Crippen LogP contribution >= 0.6 is 56.8 Å². The molecule has 35 heavy (non-hydrogen) atoms. The number of nitrogens with zero attached hydrogens (tertiary/aromatic N) is 3. The van der Waals surface area contributed by atoms with Crippen LogP contribution < -0.4 is 9.47 Å². The van der Waals surface area contributed by atoms with Gasteiger partial charge in [0.2, 0.25) is 0 Å². The van der Waals surface area contributed by atoms with E-state index in [9.17, 15) is 10.2 Å². The van der Waals surface area contributed by atoms with Crippen LogP contribution in [0.1, 0.15) is 37.6 Å². The molecule has 190 valence electrons. The monoisotopic (exact) mass is 721 g/mol. The van der Waals surface area contributed by atoms with Crippen molar-refractivity contribution in [1.82, 2.24) is 15.0 Å². The van der Waals surface area contributed by atoms with E-state index >= 15 is 0 Å². The molecule has 2 N–H and O–H groups in total. The second-order valence-corrected chi connectivity index (χ2v) is 11.5. The molecule has 0 spiro atoms. The molecule has 0 aliphatic heterocycles. The first-order chi connectivity index (χ1) is 16.6. The Labute approximate surface area is 238 Å². The Morgan fingerprint density at radius 1 is 1.11 bits per heavy atom. The van der Waals surface area contributed by atoms with Gasteiger partial charge in [-0.3, -0.25) is 0 Å². The summed E-state index contributed by atoms with van der Waals surface area (Å²) in [5, 5.41) is 27.7. The van der Waals surface area contributed by atoms with Gasteiger partial charge in [0.05, 0.1) is 29.0 Å². The Morgan fingerprint density at radius 2 is 1.80 bits per heavy atom. The van der Waals surface area contributed by atoms with Gasteiger partial charge in [-0.05, 0) is 80.6 Å². The highest BCUT2D eigenvalue weighted by molar-refractivity contribution is 14.1. The zero-order chi connectivity index (χ0) is 25.6. The molecule has 0 bridgehead atoms. The summed E-state index contributed by atoms with van der Waals surface area (Å²) in [5.41, 5.74) is 2.70. The summed E-state index contributed by atoms with van der Waals surface area (Å²) in [6.45, 7) is 7.15. The first-order valence-electron chi connectivity index (χ1n) is 11.2. The molecule has 0 fully saturated rings. The SMILES string of the molecule is C[C@@H](CCl)COc1ccc(C(C)(C)c2ccc(OC[C@H](O)Cn3nnc([123I])c3CO)cc2)cc1I. The molecule has 2 atom stereocenters. The third-order valence-electron chi connectivity index (χ3n) is 5.78. The van der Waals surface area contributed by atoms with Gasteiger partial charge in [-0.25, -0.2) is 4.68 Å².